The van der Waals surface area contributed by atoms with Crippen molar-refractivity contribution in [3.63, 3.8) is 0 Å². The lowest BCUT2D eigenvalue weighted by molar-refractivity contribution is 0.0909. The summed E-state index contributed by atoms with van der Waals surface area (Å²) in [5.41, 5.74) is 6.91. The molecule has 1 atom stereocenters. The molecule has 4 heteroatoms. The molecule has 1 aromatic rings. The maximum atomic E-state index is 12.1. The topological polar surface area (TPSA) is 55.1 Å². The third kappa shape index (κ3) is 2.88. The molecule has 0 aliphatic heterocycles. The molecule has 1 saturated carbocycles. The van der Waals surface area contributed by atoms with Crippen LogP contribution in [0.4, 0.5) is 0 Å². The van der Waals surface area contributed by atoms with Gasteiger partial charge in [0.15, 0.2) is 0 Å². The molecule has 1 aromatic carbocycles. The zero-order valence-electron chi connectivity index (χ0n) is 10.5. The molecule has 1 unspecified atom stereocenters. The van der Waals surface area contributed by atoms with Crippen LogP contribution in [0.2, 0.25) is 0 Å². The largest absolute Gasteiger partial charge is 0.389 e. The molecule has 1 aliphatic rings. The number of benzene rings is 1. The van der Waals surface area contributed by atoms with Crippen LogP contribution >= 0.6 is 12.2 Å². The molecule has 0 heterocycles. The van der Waals surface area contributed by atoms with Gasteiger partial charge < -0.3 is 11.1 Å². The molecule has 96 valence electrons. The summed E-state index contributed by atoms with van der Waals surface area (Å²) in [6, 6.07) is 7.38. The van der Waals surface area contributed by atoms with E-state index in [2.05, 4.69) is 12.2 Å². The third-order valence-electron chi connectivity index (χ3n) is 3.62. The first-order valence-electron chi connectivity index (χ1n) is 6.28. The van der Waals surface area contributed by atoms with Crippen molar-refractivity contribution in [2.24, 2.45) is 11.7 Å². The highest BCUT2D eigenvalue weighted by Crippen LogP contribution is 2.29. The van der Waals surface area contributed by atoms with E-state index in [-0.39, 0.29) is 11.9 Å². The first-order valence-corrected chi connectivity index (χ1v) is 6.69. The molecule has 1 fully saturated rings. The van der Waals surface area contributed by atoms with Gasteiger partial charge in [-0.2, -0.15) is 0 Å². The lowest BCUT2D eigenvalue weighted by Crippen LogP contribution is -2.40. The fourth-order valence-corrected chi connectivity index (χ4v) is 2.29. The number of thiocarbonyl (C=S) groups is 1. The Bertz CT molecular complexity index is 469. The molecule has 2 rings (SSSR count). The van der Waals surface area contributed by atoms with Crippen molar-refractivity contribution < 1.29 is 4.79 Å². The summed E-state index contributed by atoms with van der Waals surface area (Å²) in [4.78, 5) is 12.4. The Kier molecular flexibility index (Phi) is 3.97. The van der Waals surface area contributed by atoms with Crippen molar-refractivity contribution in [2.45, 2.75) is 32.2 Å². The van der Waals surface area contributed by atoms with Gasteiger partial charge in [0.1, 0.15) is 4.99 Å². The number of amides is 1. The van der Waals surface area contributed by atoms with E-state index >= 15 is 0 Å². The summed E-state index contributed by atoms with van der Waals surface area (Å²) in [5, 5.41) is 3.04. The number of hydrogen-bond acceptors (Lipinski definition) is 2. The van der Waals surface area contributed by atoms with Crippen molar-refractivity contribution in [3.05, 3.63) is 35.4 Å². The summed E-state index contributed by atoms with van der Waals surface area (Å²) >= 11 is 4.91. The van der Waals surface area contributed by atoms with E-state index < -0.39 is 0 Å². The minimum absolute atomic E-state index is 0.0486. The number of hydrogen-bond donors (Lipinski definition) is 2. The lowest BCUT2D eigenvalue weighted by atomic mass is 9.80. The minimum atomic E-state index is -0.0486. The standard InChI is InChI=1S/C14H18N2OS/c1-9(10-4-2-5-10)16-14(17)12-7-3-6-11(8-12)13(15)18/h3,6-10H,2,4-5H2,1H3,(H2,15,18)(H,16,17). The van der Waals surface area contributed by atoms with Crippen molar-refractivity contribution in [1.29, 1.82) is 0 Å². The van der Waals surface area contributed by atoms with Crippen molar-refractivity contribution >= 4 is 23.1 Å². The summed E-state index contributed by atoms with van der Waals surface area (Å²) in [7, 11) is 0. The fraction of sp³-hybridized carbons (Fsp3) is 0.429. The van der Waals surface area contributed by atoms with Crippen molar-refractivity contribution in [3.8, 4) is 0 Å². The zero-order chi connectivity index (χ0) is 13.1. The van der Waals surface area contributed by atoms with Crippen molar-refractivity contribution in [2.75, 3.05) is 0 Å². The Morgan fingerprint density at radius 1 is 1.44 bits per heavy atom. The Hall–Kier alpha value is -1.42. The second kappa shape index (κ2) is 5.48. The molecule has 3 nitrogen and oxygen atoms in total. The molecule has 18 heavy (non-hydrogen) atoms. The van der Waals surface area contributed by atoms with Gasteiger partial charge in [0, 0.05) is 17.2 Å². The smallest absolute Gasteiger partial charge is 0.251 e. The van der Waals surface area contributed by atoms with Crippen LogP contribution in [0, 0.1) is 5.92 Å². The van der Waals surface area contributed by atoms with Gasteiger partial charge in [0.2, 0.25) is 0 Å². The SMILES string of the molecule is CC(NC(=O)c1cccc(C(N)=S)c1)C1CCC1. The average molecular weight is 262 g/mol. The van der Waals surface area contributed by atoms with E-state index in [0.29, 0.717) is 16.5 Å². The first kappa shape index (κ1) is 13.0. The van der Waals surface area contributed by atoms with Crippen LogP contribution in [0.1, 0.15) is 42.1 Å². The van der Waals surface area contributed by atoms with E-state index in [0.717, 1.165) is 5.56 Å². The Morgan fingerprint density at radius 2 is 2.11 bits per heavy atom. The number of rotatable bonds is 4. The Labute approximate surface area is 113 Å². The van der Waals surface area contributed by atoms with Crippen LogP contribution in [-0.4, -0.2) is 16.9 Å². The van der Waals surface area contributed by atoms with Gasteiger partial charge in [-0.25, -0.2) is 0 Å². The molecule has 0 bridgehead atoms. The van der Waals surface area contributed by atoms with Gasteiger partial charge in [0.05, 0.1) is 0 Å². The Morgan fingerprint density at radius 3 is 2.67 bits per heavy atom. The average Bonchev–Trinajstić information content (AvgIpc) is 2.26. The number of nitrogens with one attached hydrogen (secondary N) is 1. The zero-order valence-corrected chi connectivity index (χ0v) is 11.3. The first-order chi connectivity index (χ1) is 8.58. The molecule has 1 amide bonds. The van der Waals surface area contributed by atoms with Crippen LogP contribution in [0.5, 0.6) is 0 Å². The Balaban J connectivity index is 2.03. The number of carbonyl (C=O) groups excluding carboxylic acids is 1. The van der Waals surface area contributed by atoms with Crippen LogP contribution < -0.4 is 11.1 Å². The normalized spacial score (nSPS) is 16.7. The van der Waals surface area contributed by atoms with E-state index in [1.807, 2.05) is 6.07 Å². The van der Waals surface area contributed by atoms with Gasteiger partial charge in [0.25, 0.3) is 5.91 Å². The predicted octanol–water partition coefficient (Wildman–Crippen LogP) is 2.24. The van der Waals surface area contributed by atoms with Gasteiger partial charge in [-0.05, 0) is 37.8 Å². The molecule has 0 saturated heterocycles. The molecule has 3 N–H and O–H groups in total. The molecular formula is C14H18N2OS. The molecule has 0 spiro atoms. The number of carbonyl (C=O) groups is 1. The maximum absolute atomic E-state index is 12.1. The van der Waals surface area contributed by atoms with E-state index in [1.165, 1.54) is 19.3 Å². The van der Waals surface area contributed by atoms with Crippen LogP contribution in [0.3, 0.4) is 0 Å². The van der Waals surface area contributed by atoms with Crippen LogP contribution in [0.25, 0.3) is 0 Å². The number of nitrogens with two attached hydrogens (primary N) is 1. The van der Waals surface area contributed by atoms with Crippen LogP contribution in [0.15, 0.2) is 24.3 Å². The summed E-state index contributed by atoms with van der Waals surface area (Å²) in [5.74, 6) is 0.584. The summed E-state index contributed by atoms with van der Waals surface area (Å²) < 4.78 is 0. The molecule has 0 aromatic heterocycles. The second-order valence-electron chi connectivity index (χ2n) is 4.90. The highest BCUT2D eigenvalue weighted by atomic mass is 32.1. The van der Waals surface area contributed by atoms with Crippen molar-refractivity contribution in [1.82, 2.24) is 5.32 Å². The van der Waals surface area contributed by atoms with E-state index in [1.54, 1.807) is 18.2 Å². The predicted molar refractivity (Wildman–Crippen MR) is 76.6 cm³/mol. The molecule has 1 aliphatic carbocycles. The second-order valence-corrected chi connectivity index (χ2v) is 5.34. The molecule has 0 radical (unpaired) electrons. The highest BCUT2D eigenvalue weighted by molar-refractivity contribution is 7.80. The molecular weight excluding hydrogens is 244 g/mol. The van der Waals surface area contributed by atoms with Gasteiger partial charge >= 0.3 is 0 Å². The monoisotopic (exact) mass is 262 g/mol. The summed E-state index contributed by atoms with van der Waals surface area (Å²) in [6.07, 6.45) is 3.71. The minimum Gasteiger partial charge on any atom is -0.389 e. The lowest BCUT2D eigenvalue weighted by Gasteiger charge is -2.31. The fourth-order valence-electron chi connectivity index (χ4n) is 2.16. The maximum Gasteiger partial charge on any atom is 0.251 e. The van der Waals surface area contributed by atoms with E-state index in [4.69, 9.17) is 18.0 Å². The van der Waals surface area contributed by atoms with Crippen LogP contribution in [-0.2, 0) is 0 Å². The van der Waals surface area contributed by atoms with Gasteiger partial charge in [-0.1, -0.05) is 30.8 Å². The summed E-state index contributed by atoms with van der Waals surface area (Å²) in [6.45, 7) is 2.07. The third-order valence-corrected chi connectivity index (χ3v) is 3.86. The quantitative estimate of drug-likeness (QED) is 0.818. The van der Waals surface area contributed by atoms with Gasteiger partial charge in [-0.15, -0.1) is 0 Å². The van der Waals surface area contributed by atoms with Gasteiger partial charge in [-0.3, -0.25) is 4.79 Å². The highest BCUT2D eigenvalue weighted by Gasteiger charge is 2.25. The van der Waals surface area contributed by atoms with E-state index in [9.17, 15) is 4.79 Å².